The van der Waals surface area contributed by atoms with Crippen LogP contribution in [-0.2, 0) is 6.54 Å². The Morgan fingerprint density at radius 2 is 2.00 bits per heavy atom. The van der Waals surface area contributed by atoms with Crippen LogP contribution >= 0.6 is 0 Å². The largest absolute Gasteiger partial charge is 0.396 e. The molecule has 4 nitrogen and oxygen atoms in total. The van der Waals surface area contributed by atoms with E-state index in [9.17, 15) is 5.11 Å². The van der Waals surface area contributed by atoms with Gasteiger partial charge < -0.3 is 5.11 Å². The summed E-state index contributed by atoms with van der Waals surface area (Å²) in [5, 5.41) is 14.0. The van der Waals surface area contributed by atoms with Gasteiger partial charge in [0.2, 0.25) is 0 Å². The van der Waals surface area contributed by atoms with Crippen molar-refractivity contribution in [1.82, 2.24) is 14.8 Å². The summed E-state index contributed by atoms with van der Waals surface area (Å²) >= 11 is 0. The molecule has 1 fully saturated rings. The molecular weight excluding hydrogens is 202 g/mol. The van der Waals surface area contributed by atoms with Crippen molar-refractivity contribution in [3.05, 3.63) is 11.6 Å². The van der Waals surface area contributed by atoms with Crippen molar-refractivity contribution in [3.8, 4) is 0 Å². The molecule has 1 saturated carbocycles. The lowest BCUT2D eigenvalue weighted by atomic mass is 10.0. The lowest BCUT2D eigenvalue weighted by Crippen LogP contribution is -2.19. The quantitative estimate of drug-likeness (QED) is 0.828. The van der Waals surface area contributed by atoms with E-state index in [0.29, 0.717) is 5.92 Å². The standard InChI is InChI=1S/C12H19N3O/c16-8-10-6-3-7-15-12(10)13-11(14-15)9-4-1-2-5-9/h9-10,16H,1-8H2. The van der Waals surface area contributed by atoms with Crippen molar-refractivity contribution in [3.63, 3.8) is 0 Å². The predicted molar refractivity (Wildman–Crippen MR) is 60.3 cm³/mol. The first-order chi connectivity index (χ1) is 7.88. The average molecular weight is 221 g/mol. The molecule has 4 heteroatoms. The molecule has 1 aromatic heterocycles. The van der Waals surface area contributed by atoms with Crippen LogP contribution in [0.25, 0.3) is 0 Å². The van der Waals surface area contributed by atoms with Crippen molar-refractivity contribution in [2.45, 2.75) is 56.9 Å². The smallest absolute Gasteiger partial charge is 0.154 e. The van der Waals surface area contributed by atoms with Crippen molar-refractivity contribution in [2.24, 2.45) is 0 Å². The Bertz CT molecular complexity index is 368. The Labute approximate surface area is 95.7 Å². The molecular formula is C12H19N3O. The van der Waals surface area contributed by atoms with Gasteiger partial charge in [-0.3, -0.25) is 0 Å². The van der Waals surface area contributed by atoms with Crippen LogP contribution in [-0.4, -0.2) is 26.5 Å². The highest BCUT2D eigenvalue weighted by Crippen LogP contribution is 2.34. The number of nitrogens with zero attached hydrogens (tertiary/aromatic N) is 3. The monoisotopic (exact) mass is 221 g/mol. The van der Waals surface area contributed by atoms with Crippen LogP contribution in [0.5, 0.6) is 0 Å². The van der Waals surface area contributed by atoms with E-state index < -0.39 is 0 Å². The number of aliphatic hydroxyl groups excluding tert-OH is 1. The summed E-state index contributed by atoms with van der Waals surface area (Å²) in [6.45, 7) is 1.19. The van der Waals surface area contributed by atoms with Gasteiger partial charge in [-0.05, 0) is 25.7 Å². The maximum absolute atomic E-state index is 9.33. The third-order valence-corrected chi connectivity index (χ3v) is 3.95. The summed E-state index contributed by atoms with van der Waals surface area (Å²) in [6.07, 6.45) is 7.29. The molecule has 0 spiro atoms. The van der Waals surface area contributed by atoms with E-state index in [-0.39, 0.29) is 12.5 Å². The number of aryl methyl sites for hydroxylation is 1. The van der Waals surface area contributed by atoms with Gasteiger partial charge in [-0.2, -0.15) is 5.10 Å². The number of aliphatic hydroxyl groups is 1. The zero-order chi connectivity index (χ0) is 11.0. The average Bonchev–Trinajstić information content (AvgIpc) is 2.96. The lowest BCUT2D eigenvalue weighted by molar-refractivity contribution is 0.234. The van der Waals surface area contributed by atoms with E-state index >= 15 is 0 Å². The third-order valence-electron chi connectivity index (χ3n) is 3.95. The molecule has 0 aromatic carbocycles. The van der Waals surface area contributed by atoms with Crippen LogP contribution in [0, 0.1) is 0 Å². The minimum absolute atomic E-state index is 0.211. The molecule has 0 amide bonds. The van der Waals surface area contributed by atoms with Gasteiger partial charge in [0.15, 0.2) is 5.82 Å². The highest BCUT2D eigenvalue weighted by atomic mass is 16.3. The summed E-state index contributed by atoms with van der Waals surface area (Å²) in [6, 6.07) is 0. The first-order valence-corrected chi connectivity index (χ1v) is 6.44. The fraction of sp³-hybridized carbons (Fsp3) is 0.833. The van der Waals surface area contributed by atoms with Gasteiger partial charge in [0.1, 0.15) is 5.82 Å². The van der Waals surface area contributed by atoms with E-state index in [1.165, 1.54) is 25.7 Å². The van der Waals surface area contributed by atoms with E-state index in [0.717, 1.165) is 31.0 Å². The lowest BCUT2D eigenvalue weighted by Gasteiger charge is -2.19. The van der Waals surface area contributed by atoms with E-state index in [1.54, 1.807) is 0 Å². The zero-order valence-electron chi connectivity index (χ0n) is 9.60. The highest BCUT2D eigenvalue weighted by Gasteiger charge is 2.27. The van der Waals surface area contributed by atoms with Gasteiger partial charge in [0.25, 0.3) is 0 Å². The Kier molecular flexibility index (Phi) is 2.67. The van der Waals surface area contributed by atoms with Gasteiger partial charge in [0.05, 0.1) is 6.61 Å². The van der Waals surface area contributed by atoms with Crippen LogP contribution in [0.4, 0.5) is 0 Å². The molecule has 16 heavy (non-hydrogen) atoms. The Hall–Kier alpha value is -0.900. The molecule has 0 saturated heterocycles. The molecule has 1 N–H and O–H groups in total. The molecule has 2 aliphatic rings. The Balaban J connectivity index is 1.89. The maximum atomic E-state index is 9.33. The molecule has 0 radical (unpaired) electrons. The molecule has 3 rings (SSSR count). The van der Waals surface area contributed by atoms with Crippen LogP contribution in [0.2, 0.25) is 0 Å². The minimum Gasteiger partial charge on any atom is -0.396 e. The number of hydrogen-bond donors (Lipinski definition) is 1. The van der Waals surface area contributed by atoms with Gasteiger partial charge in [0, 0.05) is 18.4 Å². The second-order valence-corrected chi connectivity index (χ2v) is 5.05. The predicted octanol–water partition coefficient (Wildman–Crippen LogP) is 1.81. The topological polar surface area (TPSA) is 50.9 Å². The normalized spacial score (nSPS) is 25.9. The number of aromatic nitrogens is 3. The van der Waals surface area contributed by atoms with E-state index in [4.69, 9.17) is 0 Å². The van der Waals surface area contributed by atoms with Crippen LogP contribution in [0.15, 0.2) is 0 Å². The summed E-state index contributed by atoms with van der Waals surface area (Å²) in [4.78, 5) is 4.68. The number of hydrogen-bond acceptors (Lipinski definition) is 3. The van der Waals surface area contributed by atoms with Crippen molar-refractivity contribution in [1.29, 1.82) is 0 Å². The molecule has 1 aliphatic carbocycles. The Morgan fingerprint density at radius 1 is 1.19 bits per heavy atom. The fourth-order valence-corrected chi connectivity index (χ4v) is 2.99. The van der Waals surface area contributed by atoms with Crippen LogP contribution < -0.4 is 0 Å². The molecule has 1 aliphatic heterocycles. The molecule has 0 bridgehead atoms. The summed E-state index contributed by atoms with van der Waals surface area (Å²) in [5.74, 6) is 2.86. The second-order valence-electron chi connectivity index (χ2n) is 5.05. The van der Waals surface area contributed by atoms with Crippen molar-refractivity contribution < 1.29 is 5.11 Å². The number of fused-ring (bicyclic) bond motifs is 1. The molecule has 1 aromatic rings. The molecule has 88 valence electrons. The first kappa shape index (κ1) is 10.3. The first-order valence-electron chi connectivity index (χ1n) is 6.44. The van der Waals surface area contributed by atoms with Gasteiger partial charge >= 0.3 is 0 Å². The highest BCUT2D eigenvalue weighted by molar-refractivity contribution is 5.07. The summed E-state index contributed by atoms with van der Waals surface area (Å²) < 4.78 is 2.03. The number of rotatable bonds is 2. The van der Waals surface area contributed by atoms with E-state index in [1.807, 2.05) is 4.68 Å². The van der Waals surface area contributed by atoms with Gasteiger partial charge in [-0.1, -0.05) is 12.8 Å². The summed E-state index contributed by atoms with van der Waals surface area (Å²) in [5.41, 5.74) is 0. The molecule has 2 heterocycles. The SMILES string of the molecule is OCC1CCCn2nc(C3CCCC3)nc21. The van der Waals surface area contributed by atoms with Crippen molar-refractivity contribution >= 4 is 0 Å². The zero-order valence-corrected chi connectivity index (χ0v) is 9.60. The van der Waals surface area contributed by atoms with Gasteiger partial charge in [-0.25, -0.2) is 9.67 Å². The van der Waals surface area contributed by atoms with Crippen LogP contribution in [0.3, 0.4) is 0 Å². The third kappa shape index (κ3) is 1.65. The maximum Gasteiger partial charge on any atom is 0.154 e. The fourth-order valence-electron chi connectivity index (χ4n) is 2.99. The minimum atomic E-state index is 0.211. The molecule has 1 atom stereocenters. The van der Waals surface area contributed by atoms with Gasteiger partial charge in [-0.15, -0.1) is 0 Å². The van der Waals surface area contributed by atoms with Crippen LogP contribution in [0.1, 0.15) is 62.0 Å². The Morgan fingerprint density at radius 3 is 2.75 bits per heavy atom. The second kappa shape index (κ2) is 4.17. The molecule has 1 unspecified atom stereocenters. The van der Waals surface area contributed by atoms with E-state index in [2.05, 4.69) is 10.1 Å². The van der Waals surface area contributed by atoms with Crippen molar-refractivity contribution in [2.75, 3.05) is 6.61 Å². The summed E-state index contributed by atoms with van der Waals surface area (Å²) in [7, 11) is 0.